The van der Waals surface area contributed by atoms with E-state index in [4.69, 9.17) is 83.6 Å². The molecule has 0 atom stereocenters. The van der Waals surface area contributed by atoms with Gasteiger partial charge in [-0.2, -0.15) is 17.6 Å². The van der Waals surface area contributed by atoms with Crippen LogP contribution in [0.1, 0.15) is 104 Å². The summed E-state index contributed by atoms with van der Waals surface area (Å²) >= 11 is 6.62. The fourth-order valence-electron chi connectivity index (χ4n) is 13.4. The number of aliphatic carboxylic acids is 1. The first-order chi connectivity index (χ1) is 61.4. The van der Waals surface area contributed by atoms with Crippen LogP contribution in [0.2, 0.25) is 0 Å². The molecule has 0 fully saturated rings. The van der Waals surface area contributed by atoms with Gasteiger partial charge in [-0.15, -0.1) is 12.4 Å². The van der Waals surface area contributed by atoms with Crippen LogP contribution in [0.3, 0.4) is 0 Å². The second kappa shape index (κ2) is 51.6. The summed E-state index contributed by atoms with van der Waals surface area (Å²) in [5.41, 5.74) is 35.3. The molecule has 0 aliphatic rings. The van der Waals surface area contributed by atoms with Crippen LogP contribution in [0, 0.1) is 51.8 Å². The number of carbonyl (C=O) groups excluding carboxylic acids is 3. The standard InChI is InChI=1S/C27H26FNO4.C25H22FNO4.C20H18BrFO4.C11H14O3.C9H6BrFO2.C7H10BNO2.ClH.Li.H2O/c1-3-31-26(30)14-21-8-7-17(2)9-24(21)32-16-19-11-22-13-25(28)33-27(22)23(12-19)20-6-4-5-18(10-20)15-29;1-15-5-6-19(12-24(28)29)22(7-15)30-14-17-9-20-11-23(26)31-25(20)21(10-17)18-4-2-3-16(8-18)13-27;1-3-24-19(23)10-14-5-4-12(2)6-17(14)25-11-13-7-15-9-18(22)26-20(15)16(21)8-13;1-3-14-11(13)7-9-5-4-8(2)6-10(9)12;10-7-2-5(4-12)1-6-3-8(11)13-9(6)7;9-5-6-2-1-3-7(4-6)8(10)11;;;/h4-13H,3,14-16,29H2,1-2H3;2-11H,12-14,27H2,1H3,(H,28,29);4-9H,3,10-11H2,1-2H3;4-6,12H,3,7H2,1-2H3;1-3,12H,4H2;1-4,10-11H,5,9H2;1H;;1H2/q;;;;;;;+1;/p-1. The van der Waals surface area contributed by atoms with E-state index in [1.807, 2.05) is 173 Å². The monoisotopic (exact) mass is 1940 g/mol. The zero-order valence-corrected chi connectivity index (χ0v) is 77.1. The van der Waals surface area contributed by atoms with Crippen molar-refractivity contribution in [2.24, 2.45) is 17.2 Å². The Kier molecular flexibility index (Phi) is 41.7. The summed E-state index contributed by atoms with van der Waals surface area (Å²) in [6, 6.07) is 61.7. The Morgan fingerprint density at radius 1 is 0.397 bits per heavy atom. The summed E-state index contributed by atoms with van der Waals surface area (Å²) in [4.78, 5) is 46.1. The number of halogens is 7. The van der Waals surface area contributed by atoms with Gasteiger partial charge in [-0.05, 0) is 243 Å². The third-order valence-electron chi connectivity index (χ3n) is 19.5. The minimum absolute atomic E-state index is 0. The van der Waals surface area contributed by atoms with Crippen molar-refractivity contribution in [2.45, 2.75) is 120 Å². The Morgan fingerprint density at radius 2 is 0.718 bits per heavy atom. The second-order valence-electron chi connectivity index (χ2n) is 29.5. The van der Waals surface area contributed by atoms with Gasteiger partial charge in [0.25, 0.3) is 24.1 Å². The molecular weight excluding hydrogens is 1840 g/mol. The van der Waals surface area contributed by atoms with Crippen molar-refractivity contribution in [3.8, 4) is 45.3 Å². The van der Waals surface area contributed by atoms with E-state index in [-0.39, 0.29) is 113 Å². The maximum atomic E-state index is 14.0. The average molecular weight is 1940 g/mol. The number of benzene rings is 11. The van der Waals surface area contributed by atoms with E-state index in [9.17, 15) is 41.8 Å². The minimum atomic E-state index is -1.40. The number of carboxylic acid groups (broad SMARTS) is 1. The van der Waals surface area contributed by atoms with E-state index in [0.717, 1.165) is 94.6 Å². The number of aromatic hydroxyl groups is 1. The number of carboxylic acids is 1. The number of aliphatic hydroxyl groups excluding tert-OH is 1. The number of carbonyl (C=O) groups is 4. The zero-order chi connectivity index (χ0) is 92.3. The molecular formula is C99H98BBr2ClF4LiN3O20. The number of hydrogen-bond acceptors (Lipinski definition) is 22. The first-order valence-corrected chi connectivity index (χ1v) is 42.2. The van der Waals surface area contributed by atoms with Crippen molar-refractivity contribution in [1.82, 2.24) is 0 Å². The van der Waals surface area contributed by atoms with Gasteiger partial charge in [-0.3, -0.25) is 19.2 Å². The molecule has 0 bridgehead atoms. The molecule has 0 unspecified atom stereocenters. The summed E-state index contributed by atoms with van der Waals surface area (Å²) < 4.78 is 109. The summed E-state index contributed by atoms with van der Waals surface area (Å²) in [5.74, 6) is 0.0898. The number of fused-ring (bicyclic) bond motifs is 4. The van der Waals surface area contributed by atoms with Crippen molar-refractivity contribution < 1.29 is 133 Å². The van der Waals surface area contributed by atoms with Gasteiger partial charge < -0.3 is 94.1 Å². The molecule has 23 nitrogen and oxygen atoms in total. The van der Waals surface area contributed by atoms with Crippen LogP contribution in [0.25, 0.3) is 66.1 Å². The third kappa shape index (κ3) is 31.1. The van der Waals surface area contributed by atoms with Gasteiger partial charge in [0, 0.05) is 98.8 Å². The van der Waals surface area contributed by atoms with Crippen molar-refractivity contribution in [2.75, 3.05) is 19.8 Å². The molecule has 12 N–H and O–H groups in total. The molecule has 0 saturated carbocycles. The van der Waals surface area contributed by atoms with Gasteiger partial charge in [0.1, 0.15) is 54.0 Å². The summed E-state index contributed by atoms with van der Waals surface area (Å²) in [6.07, 6.45) is 0.282. The number of furan rings is 4. The van der Waals surface area contributed by atoms with Gasteiger partial charge in [0.15, 0.2) is 11.2 Å². The topological polar surface area (TPSA) is 385 Å². The van der Waals surface area contributed by atoms with E-state index in [1.54, 1.807) is 69.3 Å². The molecule has 4 heterocycles. The Morgan fingerprint density at radius 3 is 1.08 bits per heavy atom. The maximum absolute atomic E-state index is 14.0. The number of esters is 3. The SMILES string of the molecule is CCOC(=O)Cc1ccc(C)cc1O.CCOC(=O)Cc1ccc(C)cc1OCc1cc(-c2cccc(CN)c2)c2oc(F)cc2c1.CCOC(=O)Cc1ccc(C)cc1OCc1cc(Br)c2oc(F)cc2c1.Cc1ccc(CC(=O)O)c(OCc2cc(-c3cccc(CN)c3)c3oc(F)cc3c2)c1.Cl.NCc1cccc(B(O)O)c1.OCc1cc(Br)c2oc(F)cc2c1.[Li+].[OH-]. The Bertz CT molecular complexity index is 6390. The predicted octanol–water partition coefficient (Wildman–Crippen LogP) is 16.9. The van der Waals surface area contributed by atoms with Gasteiger partial charge in [-0.25, -0.2) is 0 Å². The number of hydrogen-bond donors (Lipinski definition) is 8. The number of rotatable bonds is 27. The molecule has 15 rings (SSSR count). The van der Waals surface area contributed by atoms with Crippen LogP contribution in [0.15, 0.2) is 245 Å². The second-order valence-corrected chi connectivity index (χ2v) is 31.2. The molecule has 131 heavy (non-hydrogen) atoms. The van der Waals surface area contributed by atoms with Crippen molar-refractivity contribution in [1.29, 1.82) is 0 Å². The molecule has 0 aliphatic heterocycles. The Labute approximate surface area is 789 Å². The average Bonchev–Trinajstić information content (AvgIpc) is 1.66. The smallest absolute Gasteiger partial charge is 0.870 e. The number of nitrogens with two attached hydrogens (primary N) is 3. The summed E-state index contributed by atoms with van der Waals surface area (Å²) in [5, 5.41) is 47.6. The van der Waals surface area contributed by atoms with E-state index >= 15 is 0 Å². The number of aryl methyl sites for hydroxylation is 4. The van der Waals surface area contributed by atoms with Crippen molar-refractivity contribution in [3.63, 3.8) is 0 Å². The van der Waals surface area contributed by atoms with E-state index in [0.29, 0.717) is 126 Å². The van der Waals surface area contributed by atoms with Crippen LogP contribution < -0.4 is 55.7 Å². The largest absolute Gasteiger partial charge is 1.00 e. The Balaban J connectivity index is 0.000000223. The van der Waals surface area contributed by atoms with Gasteiger partial charge in [0.05, 0.1) is 61.1 Å². The molecule has 32 heteroatoms. The quantitative estimate of drug-likeness (QED) is 0.0103. The number of phenolic OH excluding ortho intramolecular Hbond substituents is 1. The molecule has 0 radical (unpaired) electrons. The van der Waals surface area contributed by atoms with Crippen molar-refractivity contribution in [3.05, 3.63) is 335 Å². The van der Waals surface area contributed by atoms with Crippen LogP contribution in [-0.4, -0.2) is 81.7 Å². The Hall–Kier alpha value is -12.0. The van der Waals surface area contributed by atoms with Crippen LogP contribution in [0.4, 0.5) is 17.6 Å². The van der Waals surface area contributed by atoms with Gasteiger partial charge >= 0.3 is 49.9 Å². The fourth-order valence-corrected chi connectivity index (χ4v) is 14.6. The number of aliphatic hydroxyl groups is 1. The van der Waals surface area contributed by atoms with E-state index in [2.05, 4.69) is 31.9 Å². The van der Waals surface area contributed by atoms with Gasteiger partial charge in [-0.1, -0.05) is 109 Å². The first-order valence-electron chi connectivity index (χ1n) is 40.6. The number of ether oxygens (including phenoxy) is 6. The summed E-state index contributed by atoms with van der Waals surface area (Å²) in [7, 11) is -1.40. The molecule has 682 valence electrons. The first kappa shape index (κ1) is 106. The number of phenols is 1. The normalized spacial score (nSPS) is 10.5. The molecule has 11 aromatic carbocycles. The third-order valence-corrected chi connectivity index (χ3v) is 20.6. The fraction of sp³-hybridized carbons (Fsp3) is 0.212. The van der Waals surface area contributed by atoms with E-state index in [1.165, 1.54) is 24.3 Å². The minimum Gasteiger partial charge on any atom is -0.870 e. The predicted molar refractivity (Wildman–Crippen MR) is 498 cm³/mol. The molecule has 0 amide bonds. The van der Waals surface area contributed by atoms with Crippen LogP contribution in [-0.2, 0) is 105 Å². The molecule has 4 aromatic heterocycles. The van der Waals surface area contributed by atoms with E-state index < -0.39 is 37.1 Å². The van der Waals surface area contributed by atoms with Crippen molar-refractivity contribution >= 4 is 125 Å². The molecule has 15 aromatic rings. The van der Waals surface area contributed by atoms with Crippen LogP contribution in [0.5, 0.6) is 23.0 Å². The molecule has 0 spiro atoms. The molecule has 0 aliphatic carbocycles. The summed E-state index contributed by atoms with van der Waals surface area (Å²) in [6.45, 7) is 15.9. The maximum Gasteiger partial charge on any atom is 1.00 e. The zero-order valence-electron chi connectivity index (χ0n) is 73.1. The van der Waals surface area contributed by atoms with Crippen LogP contribution >= 0.6 is 44.3 Å². The molecule has 0 saturated heterocycles. The van der Waals surface area contributed by atoms with Gasteiger partial charge in [0.2, 0.25) is 0 Å².